The predicted octanol–water partition coefficient (Wildman–Crippen LogP) is 1.33. The maximum atomic E-state index is 12.3. The van der Waals surface area contributed by atoms with Crippen LogP contribution in [-0.2, 0) is 28.9 Å². The first-order valence-electron chi connectivity index (χ1n) is 9.54. The molecule has 1 saturated heterocycles. The van der Waals surface area contributed by atoms with Gasteiger partial charge in [0.05, 0.1) is 5.92 Å². The largest absolute Gasteiger partial charge is 0.355 e. The molecule has 4 rings (SSSR count). The van der Waals surface area contributed by atoms with E-state index in [0.717, 1.165) is 37.2 Å². The third kappa shape index (κ3) is 3.53. The smallest absolute Gasteiger partial charge is 0.225 e. The molecule has 2 amide bonds. The third-order valence-electron chi connectivity index (χ3n) is 5.60. The van der Waals surface area contributed by atoms with Crippen LogP contribution in [-0.4, -0.2) is 45.8 Å². The molecule has 1 aromatic heterocycles. The maximum absolute atomic E-state index is 12.3. The van der Waals surface area contributed by atoms with Gasteiger partial charge in [0.1, 0.15) is 5.82 Å². The zero-order chi connectivity index (χ0) is 17.4. The van der Waals surface area contributed by atoms with Crippen molar-refractivity contribution < 1.29 is 9.59 Å². The summed E-state index contributed by atoms with van der Waals surface area (Å²) in [5.41, 5.74) is 3.61. The Kier molecular flexibility index (Phi) is 4.44. The molecule has 1 aliphatic heterocycles. The van der Waals surface area contributed by atoms with E-state index in [1.54, 1.807) is 0 Å². The summed E-state index contributed by atoms with van der Waals surface area (Å²) >= 11 is 0. The van der Waals surface area contributed by atoms with Gasteiger partial charge in [0.15, 0.2) is 0 Å². The zero-order valence-electron chi connectivity index (χ0n) is 14.9. The molecule has 2 aliphatic carbocycles. The van der Waals surface area contributed by atoms with Crippen LogP contribution in [0, 0.1) is 12.8 Å². The predicted molar refractivity (Wildman–Crippen MR) is 93.0 cm³/mol. The highest BCUT2D eigenvalue weighted by Crippen LogP contribution is 2.32. The number of likely N-dealkylation sites (tertiary alicyclic amines) is 1. The number of aromatic nitrogens is 2. The minimum absolute atomic E-state index is 0.00816. The fourth-order valence-corrected chi connectivity index (χ4v) is 4.04. The maximum Gasteiger partial charge on any atom is 0.225 e. The average molecular weight is 342 g/mol. The molecule has 1 N–H and O–H groups in total. The second-order valence-corrected chi connectivity index (χ2v) is 7.58. The summed E-state index contributed by atoms with van der Waals surface area (Å²) in [5, 5.41) is 2.98. The fraction of sp³-hybridized carbons (Fsp3) is 0.684. The topological polar surface area (TPSA) is 75.2 Å². The van der Waals surface area contributed by atoms with Crippen molar-refractivity contribution in [3.8, 4) is 0 Å². The molecule has 6 nitrogen and oxygen atoms in total. The number of hydrogen-bond donors (Lipinski definition) is 1. The van der Waals surface area contributed by atoms with Crippen LogP contribution in [0.4, 0.5) is 0 Å². The molecule has 6 heteroatoms. The summed E-state index contributed by atoms with van der Waals surface area (Å²) in [4.78, 5) is 35.5. The van der Waals surface area contributed by atoms with Gasteiger partial charge in [0, 0.05) is 43.4 Å². The lowest BCUT2D eigenvalue weighted by molar-refractivity contribution is -0.129. The van der Waals surface area contributed by atoms with Crippen molar-refractivity contribution in [2.24, 2.45) is 5.92 Å². The van der Waals surface area contributed by atoms with Gasteiger partial charge in [-0.25, -0.2) is 9.97 Å². The van der Waals surface area contributed by atoms with Gasteiger partial charge in [0.25, 0.3) is 0 Å². The molecule has 25 heavy (non-hydrogen) atoms. The van der Waals surface area contributed by atoms with Crippen molar-refractivity contribution in [3.63, 3.8) is 0 Å². The SMILES string of the molecule is Cc1nc(CCNC(=O)C2CC(=O)N(C3CC3)C2)nc2c1CCCC2. The number of hydrogen-bond acceptors (Lipinski definition) is 4. The molecule has 0 aromatic carbocycles. The molecule has 3 aliphatic rings. The van der Waals surface area contributed by atoms with Crippen LogP contribution < -0.4 is 5.32 Å². The van der Waals surface area contributed by atoms with Gasteiger partial charge in [0.2, 0.25) is 11.8 Å². The second-order valence-electron chi connectivity index (χ2n) is 7.58. The van der Waals surface area contributed by atoms with E-state index in [9.17, 15) is 9.59 Å². The van der Waals surface area contributed by atoms with Crippen LogP contribution >= 0.6 is 0 Å². The minimum Gasteiger partial charge on any atom is -0.355 e. The summed E-state index contributed by atoms with van der Waals surface area (Å²) < 4.78 is 0. The quantitative estimate of drug-likeness (QED) is 0.876. The van der Waals surface area contributed by atoms with Crippen molar-refractivity contribution in [3.05, 3.63) is 22.8 Å². The zero-order valence-corrected chi connectivity index (χ0v) is 14.9. The number of amides is 2. The van der Waals surface area contributed by atoms with Gasteiger partial charge in [-0.15, -0.1) is 0 Å². The number of nitrogens with one attached hydrogen (secondary N) is 1. The van der Waals surface area contributed by atoms with Crippen LogP contribution in [0.15, 0.2) is 0 Å². The van der Waals surface area contributed by atoms with E-state index < -0.39 is 0 Å². The Balaban J connectivity index is 1.30. The van der Waals surface area contributed by atoms with Crippen molar-refractivity contribution in [1.82, 2.24) is 20.2 Å². The molecule has 0 spiro atoms. The monoisotopic (exact) mass is 342 g/mol. The lowest BCUT2D eigenvalue weighted by atomic mass is 9.95. The first-order valence-corrected chi connectivity index (χ1v) is 9.54. The first kappa shape index (κ1) is 16.5. The summed E-state index contributed by atoms with van der Waals surface area (Å²) in [6.07, 6.45) is 7.75. The van der Waals surface area contributed by atoms with E-state index in [-0.39, 0.29) is 17.7 Å². The molecule has 1 atom stereocenters. The number of carbonyl (C=O) groups excluding carboxylic acids is 2. The fourth-order valence-electron chi connectivity index (χ4n) is 4.04. The molecular weight excluding hydrogens is 316 g/mol. The Morgan fingerprint density at radius 3 is 2.84 bits per heavy atom. The molecule has 134 valence electrons. The Morgan fingerprint density at radius 2 is 2.04 bits per heavy atom. The summed E-state index contributed by atoms with van der Waals surface area (Å²) in [6, 6.07) is 0.400. The average Bonchev–Trinajstić information content (AvgIpc) is 3.37. The van der Waals surface area contributed by atoms with Gasteiger partial charge in [-0.3, -0.25) is 9.59 Å². The number of carbonyl (C=O) groups is 2. The van der Waals surface area contributed by atoms with E-state index in [4.69, 9.17) is 4.98 Å². The van der Waals surface area contributed by atoms with E-state index in [1.807, 2.05) is 4.90 Å². The van der Waals surface area contributed by atoms with E-state index in [0.29, 0.717) is 32.0 Å². The molecule has 1 unspecified atom stereocenters. The van der Waals surface area contributed by atoms with Gasteiger partial charge in [-0.1, -0.05) is 0 Å². The second kappa shape index (κ2) is 6.73. The van der Waals surface area contributed by atoms with E-state index in [2.05, 4.69) is 17.2 Å². The van der Waals surface area contributed by atoms with Crippen LogP contribution in [0.25, 0.3) is 0 Å². The number of aryl methyl sites for hydroxylation is 2. The Labute approximate surface area is 148 Å². The molecule has 1 aromatic rings. The molecule has 0 radical (unpaired) electrons. The van der Waals surface area contributed by atoms with Crippen LogP contribution in [0.1, 0.15) is 54.9 Å². The first-order chi connectivity index (χ1) is 12.1. The molecule has 0 bridgehead atoms. The van der Waals surface area contributed by atoms with Crippen LogP contribution in [0.3, 0.4) is 0 Å². The van der Waals surface area contributed by atoms with E-state index >= 15 is 0 Å². The summed E-state index contributed by atoms with van der Waals surface area (Å²) in [5.74, 6) is 0.752. The van der Waals surface area contributed by atoms with E-state index in [1.165, 1.54) is 24.1 Å². The highest BCUT2D eigenvalue weighted by atomic mass is 16.2. The summed E-state index contributed by atoms with van der Waals surface area (Å²) in [7, 11) is 0. The number of nitrogens with zero attached hydrogens (tertiary/aromatic N) is 3. The standard InChI is InChI=1S/C19H26N4O2/c1-12-15-4-2-3-5-16(15)22-17(21-12)8-9-20-19(25)13-10-18(24)23(11-13)14-6-7-14/h13-14H,2-11H2,1H3,(H,20,25). The Morgan fingerprint density at radius 1 is 1.24 bits per heavy atom. The normalized spacial score (nSPS) is 22.8. The van der Waals surface area contributed by atoms with Gasteiger partial charge >= 0.3 is 0 Å². The van der Waals surface area contributed by atoms with Crippen LogP contribution in [0.2, 0.25) is 0 Å². The molecule has 1 saturated carbocycles. The van der Waals surface area contributed by atoms with Crippen molar-refractivity contribution >= 4 is 11.8 Å². The van der Waals surface area contributed by atoms with Gasteiger partial charge in [-0.05, 0) is 51.0 Å². The number of fused-ring (bicyclic) bond motifs is 1. The lowest BCUT2D eigenvalue weighted by Gasteiger charge is -2.18. The Hall–Kier alpha value is -1.98. The van der Waals surface area contributed by atoms with Gasteiger partial charge < -0.3 is 10.2 Å². The molecular formula is C19H26N4O2. The summed E-state index contributed by atoms with van der Waals surface area (Å²) in [6.45, 7) is 3.18. The third-order valence-corrected chi connectivity index (χ3v) is 5.60. The highest BCUT2D eigenvalue weighted by molar-refractivity contribution is 5.89. The molecule has 2 heterocycles. The molecule has 2 fully saturated rings. The number of rotatable bonds is 5. The Bertz CT molecular complexity index is 699. The lowest BCUT2D eigenvalue weighted by Crippen LogP contribution is -2.34. The van der Waals surface area contributed by atoms with Crippen molar-refractivity contribution in [2.75, 3.05) is 13.1 Å². The minimum atomic E-state index is -0.195. The van der Waals surface area contributed by atoms with Gasteiger partial charge in [-0.2, -0.15) is 0 Å². The van der Waals surface area contributed by atoms with Crippen molar-refractivity contribution in [1.29, 1.82) is 0 Å². The van der Waals surface area contributed by atoms with Crippen LogP contribution in [0.5, 0.6) is 0 Å². The van der Waals surface area contributed by atoms with Crippen molar-refractivity contribution in [2.45, 2.75) is 64.3 Å². The highest BCUT2D eigenvalue weighted by Gasteiger charge is 2.41.